The molecule has 1 fully saturated rings. The van der Waals surface area contributed by atoms with Gasteiger partial charge in [-0.2, -0.15) is 0 Å². The van der Waals surface area contributed by atoms with E-state index in [-0.39, 0.29) is 4.90 Å². The first-order chi connectivity index (χ1) is 19.4. The summed E-state index contributed by atoms with van der Waals surface area (Å²) in [4.78, 5) is 22.0. The van der Waals surface area contributed by atoms with Gasteiger partial charge in [-0.05, 0) is 30.2 Å². The smallest absolute Gasteiger partial charge is 0.263 e. The molecule has 0 aliphatic carbocycles. The predicted molar refractivity (Wildman–Crippen MR) is 164 cm³/mol. The highest BCUT2D eigenvalue weighted by Crippen LogP contribution is 2.34. The highest BCUT2D eigenvalue weighted by atomic mass is 32.2. The number of aromatic nitrogens is 4. The number of hydrogen-bond acceptors (Lipinski definition) is 8. The lowest BCUT2D eigenvalue weighted by Crippen LogP contribution is -2.49. The molecule has 2 N–H and O–H groups in total. The third kappa shape index (κ3) is 5.42. The van der Waals surface area contributed by atoms with Crippen LogP contribution in [0.25, 0.3) is 22.2 Å². The number of benzene rings is 2. The predicted octanol–water partition coefficient (Wildman–Crippen LogP) is 4.88. The van der Waals surface area contributed by atoms with Crippen molar-refractivity contribution < 1.29 is 8.42 Å². The molecular formula is C28H27N7O2S3. The van der Waals surface area contributed by atoms with E-state index in [0.29, 0.717) is 11.6 Å². The molecule has 5 aromatic rings. The molecular weight excluding hydrogens is 563 g/mol. The average molecular weight is 590 g/mol. The SMILES string of the molecule is Cc1ccc(-c2c[nH]c3ncnc(N4CCN(C(=S)Cc5ccc(S(=O)(=O)Nc6nccs6)cc5)CC4)c23)cc1. The Morgan fingerprint density at radius 2 is 1.77 bits per heavy atom. The van der Waals surface area contributed by atoms with Crippen molar-refractivity contribution in [2.24, 2.45) is 0 Å². The van der Waals surface area contributed by atoms with E-state index in [4.69, 9.17) is 12.2 Å². The first-order valence-corrected chi connectivity index (χ1v) is 15.6. The Labute approximate surface area is 242 Å². The maximum Gasteiger partial charge on any atom is 0.263 e. The van der Waals surface area contributed by atoms with Gasteiger partial charge in [-0.15, -0.1) is 11.3 Å². The van der Waals surface area contributed by atoms with Crippen molar-refractivity contribution >= 4 is 60.5 Å². The fraction of sp³-hybridized carbons (Fsp3) is 0.214. The molecule has 6 rings (SSSR count). The Hall–Kier alpha value is -3.87. The zero-order valence-corrected chi connectivity index (χ0v) is 24.2. The van der Waals surface area contributed by atoms with Crippen molar-refractivity contribution in [3.8, 4) is 11.1 Å². The van der Waals surface area contributed by atoms with E-state index in [1.807, 2.05) is 18.3 Å². The summed E-state index contributed by atoms with van der Waals surface area (Å²) in [5.74, 6) is 0.926. The first-order valence-electron chi connectivity index (χ1n) is 12.8. The molecule has 4 heterocycles. The maximum absolute atomic E-state index is 12.6. The molecule has 0 amide bonds. The van der Waals surface area contributed by atoms with Crippen LogP contribution in [0.3, 0.4) is 0 Å². The van der Waals surface area contributed by atoms with Crippen molar-refractivity contribution in [1.82, 2.24) is 24.8 Å². The minimum Gasteiger partial charge on any atom is -0.362 e. The van der Waals surface area contributed by atoms with Crippen LogP contribution in [0.15, 0.2) is 77.5 Å². The number of hydrogen-bond donors (Lipinski definition) is 2. The highest BCUT2D eigenvalue weighted by molar-refractivity contribution is 7.93. The van der Waals surface area contributed by atoms with Crippen molar-refractivity contribution in [3.05, 3.63) is 83.8 Å². The number of aryl methyl sites for hydroxylation is 1. The zero-order chi connectivity index (χ0) is 27.7. The third-order valence-electron chi connectivity index (χ3n) is 6.99. The second kappa shape index (κ2) is 11.0. The van der Waals surface area contributed by atoms with Gasteiger partial charge in [-0.3, -0.25) is 4.72 Å². The summed E-state index contributed by atoms with van der Waals surface area (Å²) in [6, 6.07) is 15.3. The van der Waals surface area contributed by atoms with Gasteiger partial charge in [0, 0.05) is 55.9 Å². The van der Waals surface area contributed by atoms with E-state index in [2.05, 4.69) is 65.6 Å². The van der Waals surface area contributed by atoms with E-state index in [1.54, 1.807) is 30.0 Å². The molecule has 1 aliphatic heterocycles. The van der Waals surface area contributed by atoms with E-state index in [9.17, 15) is 8.42 Å². The molecule has 3 aromatic heterocycles. The first kappa shape index (κ1) is 26.4. The number of fused-ring (bicyclic) bond motifs is 1. The second-order valence-corrected chi connectivity index (χ2v) is 12.7. The van der Waals surface area contributed by atoms with Crippen LogP contribution in [0.4, 0.5) is 10.9 Å². The van der Waals surface area contributed by atoms with Gasteiger partial charge < -0.3 is 14.8 Å². The molecule has 0 spiro atoms. The zero-order valence-electron chi connectivity index (χ0n) is 21.7. The number of H-pyrrole nitrogens is 1. The standard InChI is InChI=1S/C28H27N7O2S3/c1-19-2-6-21(7-3-19)23-17-30-26-25(23)27(32-18-31-26)35-13-11-34(12-14-35)24(38)16-20-4-8-22(9-5-20)40(36,37)33-28-29-10-15-39-28/h2-10,15,17-18H,11-14,16H2,1H3,(H,29,33)(H,30,31,32). The highest BCUT2D eigenvalue weighted by Gasteiger charge is 2.24. The molecule has 40 heavy (non-hydrogen) atoms. The molecule has 9 nitrogen and oxygen atoms in total. The lowest BCUT2D eigenvalue weighted by molar-refractivity contribution is 0.386. The number of nitrogens with zero attached hydrogens (tertiary/aromatic N) is 5. The van der Waals surface area contributed by atoms with Crippen molar-refractivity contribution in [2.45, 2.75) is 18.2 Å². The number of aromatic amines is 1. The van der Waals surface area contributed by atoms with Crippen LogP contribution in [0.2, 0.25) is 0 Å². The summed E-state index contributed by atoms with van der Waals surface area (Å²) in [7, 11) is -3.68. The van der Waals surface area contributed by atoms with E-state index >= 15 is 0 Å². The fourth-order valence-electron chi connectivity index (χ4n) is 4.84. The van der Waals surface area contributed by atoms with Gasteiger partial charge in [0.15, 0.2) is 5.13 Å². The quantitative estimate of drug-likeness (QED) is 0.259. The molecule has 204 valence electrons. The van der Waals surface area contributed by atoms with E-state index < -0.39 is 10.0 Å². The third-order valence-corrected chi connectivity index (χ3v) is 9.56. The van der Waals surface area contributed by atoms with Crippen LogP contribution < -0.4 is 9.62 Å². The maximum atomic E-state index is 12.6. The van der Waals surface area contributed by atoms with Gasteiger partial charge in [0.05, 0.1) is 15.3 Å². The fourth-order valence-corrected chi connectivity index (χ4v) is 6.97. The van der Waals surface area contributed by atoms with Crippen molar-refractivity contribution in [3.63, 3.8) is 0 Å². The number of sulfonamides is 1. The number of rotatable bonds is 7. The van der Waals surface area contributed by atoms with Gasteiger partial charge in [0.25, 0.3) is 10.0 Å². The van der Waals surface area contributed by atoms with Crippen LogP contribution in [0.1, 0.15) is 11.1 Å². The van der Waals surface area contributed by atoms with Crippen molar-refractivity contribution in [2.75, 3.05) is 35.8 Å². The van der Waals surface area contributed by atoms with Gasteiger partial charge in [0.2, 0.25) is 0 Å². The summed E-state index contributed by atoms with van der Waals surface area (Å²) in [5.41, 5.74) is 5.23. The molecule has 12 heteroatoms. The molecule has 2 aromatic carbocycles. The van der Waals surface area contributed by atoms with Gasteiger partial charge in [-0.25, -0.2) is 23.4 Å². The minimum absolute atomic E-state index is 0.192. The molecule has 1 saturated heterocycles. The van der Waals surface area contributed by atoms with Crippen LogP contribution in [0.5, 0.6) is 0 Å². The lowest BCUT2D eigenvalue weighted by atomic mass is 10.0. The minimum atomic E-state index is -3.68. The van der Waals surface area contributed by atoms with Crippen LogP contribution in [0, 0.1) is 6.92 Å². The van der Waals surface area contributed by atoms with Crippen LogP contribution in [-0.4, -0.2) is 64.4 Å². The Bertz CT molecular complexity index is 1740. The Kier molecular flexibility index (Phi) is 7.22. The summed E-state index contributed by atoms with van der Waals surface area (Å²) >= 11 is 7.03. The summed E-state index contributed by atoms with van der Waals surface area (Å²) < 4.78 is 27.7. The lowest BCUT2D eigenvalue weighted by Gasteiger charge is -2.37. The number of anilines is 2. The van der Waals surface area contributed by atoms with Crippen LogP contribution in [-0.2, 0) is 16.4 Å². The molecule has 0 unspecified atom stereocenters. The molecule has 0 bridgehead atoms. The number of nitrogens with one attached hydrogen (secondary N) is 2. The number of thiazole rings is 1. The van der Waals surface area contributed by atoms with Gasteiger partial charge in [-0.1, -0.05) is 54.2 Å². The second-order valence-electron chi connectivity index (χ2n) is 9.62. The summed E-state index contributed by atoms with van der Waals surface area (Å²) in [6.45, 7) is 5.20. The summed E-state index contributed by atoms with van der Waals surface area (Å²) in [5, 5.41) is 3.09. The summed E-state index contributed by atoms with van der Waals surface area (Å²) in [6.07, 6.45) is 5.75. The van der Waals surface area contributed by atoms with Crippen molar-refractivity contribution in [1.29, 1.82) is 0 Å². The van der Waals surface area contributed by atoms with E-state index in [1.165, 1.54) is 16.9 Å². The number of thiocarbonyl (C=S) groups is 1. The van der Waals surface area contributed by atoms with Gasteiger partial charge in [0.1, 0.15) is 17.8 Å². The Morgan fingerprint density at radius 1 is 1.02 bits per heavy atom. The Balaban J connectivity index is 1.11. The number of piperazine rings is 1. The normalized spacial score (nSPS) is 14.0. The molecule has 0 radical (unpaired) electrons. The van der Waals surface area contributed by atoms with Crippen LogP contribution >= 0.6 is 23.6 Å². The Morgan fingerprint density at radius 3 is 2.48 bits per heavy atom. The molecule has 0 saturated carbocycles. The largest absolute Gasteiger partial charge is 0.362 e. The monoisotopic (exact) mass is 589 g/mol. The topological polar surface area (TPSA) is 107 Å². The average Bonchev–Trinajstić information content (AvgIpc) is 3.64. The van der Waals surface area contributed by atoms with E-state index in [0.717, 1.165) is 64.7 Å². The van der Waals surface area contributed by atoms with Gasteiger partial charge >= 0.3 is 0 Å². The molecule has 0 atom stereocenters. The molecule has 1 aliphatic rings.